The minimum Gasteiger partial charge on any atom is -0.373 e. The molecule has 0 aromatic carbocycles. The zero-order valence-corrected chi connectivity index (χ0v) is 15.3. The van der Waals surface area contributed by atoms with E-state index in [0.717, 1.165) is 25.5 Å². The molecule has 134 valence electrons. The average Bonchev–Trinajstić information content (AvgIpc) is 3.12. The van der Waals surface area contributed by atoms with E-state index in [-0.39, 0.29) is 0 Å². The monoisotopic (exact) mass is 324 g/mol. The Morgan fingerprint density at radius 2 is 1.91 bits per heavy atom. The van der Waals surface area contributed by atoms with Crippen molar-refractivity contribution in [2.24, 2.45) is 4.99 Å². The van der Waals surface area contributed by atoms with Crippen molar-refractivity contribution in [3.05, 3.63) is 0 Å². The molecular formula is C18H36N4O. The van der Waals surface area contributed by atoms with Gasteiger partial charge in [0.2, 0.25) is 0 Å². The number of nitrogens with zero attached hydrogens (tertiary/aromatic N) is 2. The lowest BCUT2D eigenvalue weighted by Gasteiger charge is -2.22. The van der Waals surface area contributed by atoms with Gasteiger partial charge in [0.1, 0.15) is 0 Å². The van der Waals surface area contributed by atoms with E-state index in [2.05, 4.69) is 36.6 Å². The molecule has 0 aromatic heterocycles. The van der Waals surface area contributed by atoms with Crippen molar-refractivity contribution in [3.8, 4) is 0 Å². The molecule has 0 amide bonds. The molecule has 5 heteroatoms. The zero-order valence-electron chi connectivity index (χ0n) is 15.3. The fraction of sp³-hybridized carbons (Fsp3) is 0.944. The molecule has 2 aliphatic rings. The summed E-state index contributed by atoms with van der Waals surface area (Å²) in [5.74, 6) is 0.973. The number of nitrogens with one attached hydrogen (secondary N) is 2. The van der Waals surface area contributed by atoms with Gasteiger partial charge in [-0.25, -0.2) is 0 Å². The van der Waals surface area contributed by atoms with Crippen molar-refractivity contribution in [2.45, 2.75) is 76.5 Å². The number of hydrogen-bond acceptors (Lipinski definition) is 3. The smallest absolute Gasteiger partial charge is 0.191 e. The highest BCUT2D eigenvalue weighted by Crippen LogP contribution is 2.34. The van der Waals surface area contributed by atoms with Gasteiger partial charge in [0.25, 0.3) is 0 Å². The number of hydrogen-bond donors (Lipinski definition) is 2. The summed E-state index contributed by atoms with van der Waals surface area (Å²) >= 11 is 0. The van der Waals surface area contributed by atoms with E-state index in [4.69, 9.17) is 9.73 Å². The molecule has 0 radical (unpaired) electrons. The highest BCUT2D eigenvalue weighted by atomic mass is 16.5. The first-order chi connectivity index (χ1) is 11.2. The fourth-order valence-corrected chi connectivity index (χ4v) is 3.55. The van der Waals surface area contributed by atoms with Crippen LogP contribution in [0.4, 0.5) is 0 Å². The predicted molar refractivity (Wildman–Crippen MR) is 97.1 cm³/mol. The number of guanidine groups is 1. The second kappa shape index (κ2) is 10.1. The van der Waals surface area contributed by atoms with Crippen LogP contribution in [-0.4, -0.2) is 62.8 Å². The van der Waals surface area contributed by atoms with E-state index in [0.29, 0.717) is 18.2 Å². The molecule has 0 aromatic rings. The van der Waals surface area contributed by atoms with Gasteiger partial charge in [0.15, 0.2) is 5.96 Å². The summed E-state index contributed by atoms with van der Waals surface area (Å²) in [4.78, 5) is 7.00. The summed E-state index contributed by atoms with van der Waals surface area (Å²) in [7, 11) is 4.29. The third-order valence-corrected chi connectivity index (χ3v) is 4.81. The Morgan fingerprint density at radius 1 is 1.13 bits per heavy atom. The van der Waals surface area contributed by atoms with Gasteiger partial charge in [-0.15, -0.1) is 0 Å². The second-order valence-corrected chi connectivity index (χ2v) is 7.19. The Hall–Kier alpha value is -0.810. The molecule has 2 aliphatic heterocycles. The van der Waals surface area contributed by atoms with E-state index < -0.39 is 0 Å². The van der Waals surface area contributed by atoms with Crippen molar-refractivity contribution in [1.82, 2.24) is 15.5 Å². The molecule has 23 heavy (non-hydrogen) atoms. The Labute approximate surface area is 142 Å². The van der Waals surface area contributed by atoms with Crippen LogP contribution in [0, 0.1) is 0 Å². The van der Waals surface area contributed by atoms with Crippen LogP contribution < -0.4 is 10.6 Å². The lowest BCUT2D eigenvalue weighted by atomic mass is 9.96. The van der Waals surface area contributed by atoms with Gasteiger partial charge >= 0.3 is 0 Å². The first-order valence-electron chi connectivity index (χ1n) is 9.54. The lowest BCUT2D eigenvalue weighted by Crippen LogP contribution is -2.47. The summed E-state index contributed by atoms with van der Waals surface area (Å²) in [6, 6.07) is 0.456. The van der Waals surface area contributed by atoms with Gasteiger partial charge in [-0.05, 0) is 59.7 Å². The quantitative estimate of drug-likeness (QED) is 0.368. The standard InChI is InChI=1S/C18H36N4O/c1-4-19-18(21-16-14-15-10-11-17(16)23-15)20-12-8-6-5-7-9-13-22(2)3/h15-17H,4-14H2,1-3H3,(H2,19,20,21). The Balaban J connectivity index is 1.58. The average molecular weight is 325 g/mol. The number of rotatable bonds is 10. The highest BCUT2D eigenvalue weighted by Gasteiger charge is 2.41. The summed E-state index contributed by atoms with van der Waals surface area (Å²) in [6.45, 7) is 5.17. The molecule has 2 rings (SSSR count). The first kappa shape index (κ1) is 18.5. The van der Waals surface area contributed by atoms with E-state index >= 15 is 0 Å². The molecule has 0 aliphatic carbocycles. The van der Waals surface area contributed by atoms with E-state index in [1.165, 1.54) is 51.5 Å². The van der Waals surface area contributed by atoms with Crippen LogP contribution in [0.25, 0.3) is 0 Å². The number of unbranched alkanes of at least 4 members (excludes halogenated alkanes) is 4. The number of fused-ring (bicyclic) bond motifs is 2. The number of ether oxygens (including phenoxy) is 1. The van der Waals surface area contributed by atoms with Crippen LogP contribution in [0.15, 0.2) is 4.99 Å². The van der Waals surface area contributed by atoms with E-state index in [9.17, 15) is 0 Å². The number of aliphatic imine (C=N–C) groups is 1. The van der Waals surface area contributed by atoms with Crippen molar-refractivity contribution < 1.29 is 4.74 Å². The maximum Gasteiger partial charge on any atom is 0.191 e. The Bertz CT molecular complexity index is 359. The normalized spacial score (nSPS) is 27.0. The predicted octanol–water partition coefficient (Wildman–Crippen LogP) is 2.37. The Kier molecular flexibility index (Phi) is 8.17. The molecule has 3 atom stereocenters. The molecule has 0 saturated carbocycles. The van der Waals surface area contributed by atoms with Crippen LogP contribution in [0.2, 0.25) is 0 Å². The first-order valence-corrected chi connectivity index (χ1v) is 9.54. The summed E-state index contributed by atoms with van der Waals surface area (Å²) in [6.07, 6.45) is 10.9. The third-order valence-electron chi connectivity index (χ3n) is 4.81. The maximum absolute atomic E-state index is 5.91. The van der Waals surface area contributed by atoms with Gasteiger partial charge in [0.05, 0.1) is 18.2 Å². The van der Waals surface area contributed by atoms with Crippen molar-refractivity contribution in [2.75, 3.05) is 33.7 Å². The van der Waals surface area contributed by atoms with Crippen LogP contribution in [0.5, 0.6) is 0 Å². The molecule has 2 saturated heterocycles. The minimum absolute atomic E-state index is 0.403. The molecular weight excluding hydrogens is 288 g/mol. The molecule has 2 heterocycles. The van der Waals surface area contributed by atoms with Gasteiger partial charge in [-0.1, -0.05) is 19.3 Å². The molecule has 3 unspecified atom stereocenters. The third kappa shape index (κ3) is 6.68. The lowest BCUT2D eigenvalue weighted by molar-refractivity contribution is 0.0992. The minimum atomic E-state index is 0.403. The van der Waals surface area contributed by atoms with Gasteiger partial charge in [-0.2, -0.15) is 0 Å². The molecule has 5 nitrogen and oxygen atoms in total. The fourth-order valence-electron chi connectivity index (χ4n) is 3.55. The van der Waals surface area contributed by atoms with Gasteiger partial charge < -0.3 is 20.3 Å². The molecule has 2 bridgehead atoms. The van der Waals surface area contributed by atoms with Crippen molar-refractivity contribution in [3.63, 3.8) is 0 Å². The second-order valence-electron chi connectivity index (χ2n) is 7.19. The summed E-state index contributed by atoms with van der Waals surface area (Å²) < 4.78 is 5.91. The van der Waals surface area contributed by atoms with E-state index in [1.807, 2.05) is 0 Å². The summed E-state index contributed by atoms with van der Waals surface area (Å²) in [5.41, 5.74) is 0. The van der Waals surface area contributed by atoms with Crippen LogP contribution in [-0.2, 0) is 4.74 Å². The summed E-state index contributed by atoms with van der Waals surface area (Å²) in [5, 5.41) is 6.95. The highest BCUT2D eigenvalue weighted by molar-refractivity contribution is 5.80. The van der Waals surface area contributed by atoms with Crippen LogP contribution in [0.3, 0.4) is 0 Å². The van der Waals surface area contributed by atoms with E-state index in [1.54, 1.807) is 0 Å². The van der Waals surface area contributed by atoms with Crippen LogP contribution in [0.1, 0.15) is 58.3 Å². The topological polar surface area (TPSA) is 48.9 Å². The molecule has 2 fully saturated rings. The van der Waals surface area contributed by atoms with Gasteiger partial charge in [0, 0.05) is 13.1 Å². The molecule has 0 spiro atoms. The zero-order chi connectivity index (χ0) is 16.5. The maximum atomic E-state index is 5.91. The van der Waals surface area contributed by atoms with Crippen molar-refractivity contribution >= 4 is 5.96 Å². The largest absolute Gasteiger partial charge is 0.373 e. The Morgan fingerprint density at radius 3 is 2.57 bits per heavy atom. The SMILES string of the molecule is CCNC(=NCCCCCCCN(C)C)NC1CC2CCC1O2. The van der Waals surface area contributed by atoms with Crippen molar-refractivity contribution in [1.29, 1.82) is 0 Å². The molecule has 2 N–H and O–H groups in total. The van der Waals surface area contributed by atoms with Gasteiger partial charge in [-0.3, -0.25) is 4.99 Å². The van der Waals surface area contributed by atoms with Crippen LogP contribution >= 0.6 is 0 Å².